The number of hydrogen-bond acceptors (Lipinski definition) is 7. The molecule has 2 aliphatic rings. The number of ether oxygens (including phenoxy) is 3. The van der Waals surface area contributed by atoms with Crippen molar-refractivity contribution in [2.75, 3.05) is 52.7 Å². The number of hydrogen-bond donors (Lipinski definition) is 2. The van der Waals surface area contributed by atoms with Gasteiger partial charge in [0.05, 0.1) is 24.1 Å². The number of nitrogens with one attached hydrogen (secondary N) is 2. The monoisotopic (exact) mass is 444 g/mol. The van der Waals surface area contributed by atoms with Crippen LogP contribution >= 0.6 is 0 Å². The van der Waals surface area contributed by atoms with Gasteiger partial charge in [0.1, 0.15) is 5.56 Å². The second kappa shape index (κ2) is 10.0. The van der Waals surface area contributed by atoms with Gasteiger partial charge >= 0.3 is 0 Å². The number of fused-ring (bicyclic) bond motifs is 2. The SMILES string of the molecule is CCn1cc(C(=O)NCCC(=O)NCCN2CCOCC2)c(=O)c2cc3c(cc21)OCO3. The van der Waals surface area contributed by atoms with Gasteiger partial charge < -0.3 is 29.4 Å². The molecule has 0 unspecified atom stereocenters. The van der Waals surface area contributed by atoms with Gasteiger partial charge in [-0.25, -0.2) is 0 Å². The lowest BCUT2D eigenvalue weighted by atomic mass is 10.1. The Labute approximate surface area is 185 Å². The molecule has 0 aliphatic carbocycles. The fraction of sp³-hybridized carbons (Fsp3) is 0.500. The molecule has 10 heteroatoms. The predicted molar refractivity (Wildman–Crippen MR) is 117 cm³/mol. The van der Waals surface area contributed by atoms with Gasteiger partial charge in [0.25, 0.3) is 5.91 Å². The highest BCUT2D eigenvalue weighted by atomic mass is 16.7. The first kappa shape index (κ1) is 22.1. The Hall–Kier alpha value is -3.11. The highest BCUT2D eigenvalue weighted by molar-refractivity contribution is 5.98. The second-order valence-corrected chi connectivity index (χ2v) is 7.69. The molecule has 1 aromatic carbocycles. The third kappa shape index (κ3) is 4.86. The average Bonchev–Trinajstić information content (AvgIpc) is 3.26. The topological polar surface area (TPSA) is 111 Å². The van der Waals surface area contributed by atoms with Crippen LogP contribution in [0.5, 0.6) is 11.5 Å². The summed E-state index contributed by atoms with van der Waals surface area (Å²) in [5.41, 5.74) is 0.333. The molecule has 0 spiro atoms. The van der Waals surface area contributed by atoms with E-state index in [1.807, 2.05) is 11.5 Å². The lowest BCUT2D eigenvalue weighted by molar-refractivity contribution is -0.121. The van der Waals surface area contributed by atoms with Gasteiger partial charge in [-0.2, -0.15) is 0 Å². The van der Waals surface area contributed by atoms with E-state index in [9.17, 15) is 14.4 Å². The van der Waals surface area contributed by atoms with E-state index in [1.54, 1.807) is 18.3 Å². The Morgan fingerprint density at radius 2 is 1.81 bits per heavy atom. The number of nitrogens with zero attached hydrogens (tertiary/aromatic N) is 2. The molecule has 32 heavy (non-hydrogen) atoms. The highest BCUT2D eigenvalue weighted by Crippen LogP contribution is 2.35. The summed E-state index contributed by atoms with van der Waals surface area (Å²) in [5, 5.41) is 5.93. The number of amides is 2. The molecule has 0 saturated carbocycles. The molecule has 0 bridgehead atoms. The Morgan fingerprint density at radius 1 is 1.06 bits per heavy atom. The summed E-state index contributed by atoms with van der Waals surface area (Å²) >= 11 is 0. The van der Waals surface area contributed by atoms with E-state index < -0.39 is 5.91 Å². The van der Waals surface area contributed by atoms with E-state index in [0.717, 1.165) is 32.8 Å². The van der Waals surface area contributed by atoms with Crippen LogP contribution in [0.4, 0.5) is 0 Å². The van der Waals surface area contributed by atoms with E-state index in [-0.39, 0.29) is 36.7 Å². The molecule has 2 amide bonds. The fourth-order valence-corrected chi connectivity index (χ4v) is 3.85. The van der Waals surface area contributed by atoms with Crippen LogP contribution < -0.4 is 25.5 Å². The molecule has 3 heterocycles. The zero-order valence-electron chi connectivity index (χ0n) is 18.1. The van der Waals surface area contributed by atoms with Gasteiger partial charge in [0.2, 0.25) is 18.1 Å². The van der Waals surface area contributed by atoms with Gasteiger partial charge in [-0.3, -0.25) is 19.3 Å². The van der Waals surface area contributed by atoms with Crippen LogP contribution in [-0.4, -0.2) is 74.0 Å². The molecule has 172 valence electrons. The second-order valence-electron chi connectivity index (χ2n) is 7.69. The molecular formula is C22H28N4O6. The number of carbonyl (C=O) groups is 2. The minimum atomic E-state index is -0.502. The van der Waals surface area contributed by atoms with E-state index >= 15 is 0 Å². The van der Waals surface area contributed by atoms with Crippen molar-refractivity contribution in [3.63, 3.8) is 0 Å². The average molecular weight is 444 g/mol. The summed E-state index contributed by atoms with van der Waals surface area (Å²) in [7, 11) is 0. The third-order valence-corrected chi connectivity index (χ3v) is 5.65. The van der Waals surface area contributed by atoms with E-state index in [4.69, 9.17) is 14.2 Å². The van der Waals surface area contributed by atoms with Gasteiger partial charge in [0, 0.05) is 58.0 Å². The van der Waals surface area contributed by atoms with Gasteiger partial charge in [-0.05, 0) is 13.0 Å². The van der Waals surface area contributed by atoms with Crippen LogP contribution in [-0.2, 0) is 16.1 Å². The maximum atomic E-state index is 13.0. The van der Waals surface area contributed by atoms with Crippen molar-refractivity contribution in [1.29, 1.82) is 0 Å². The summed E-state index contributed by atoms with van der Waals surface area (Å²) in [6.07, 6.45) is 1.69. The Balaban J connectivity index is 1.34. The zero-order chi connectivity index (χ0) is 22.5. The third-order valence-electron chi connectivity index (χ3n) is 5.65. The Bertz CT molecular complexity index is 1060. The summed E-state index contributed by atoms with van der Waals surface area (Å²) in [6, 6.07) is 3.37. The van der Waals surface area contributed by atoms with Gasteiger partial charge in [0.15, 0.2) is 11.5 Å². The minimum absolute atomic E-state index is 0.0333. The van der Waals surface area contributed by atoms with Gasteiger partial charge in [-0.15, -0.1) is 0 Å². The molecule has 4 rings (SSSR count). The number of carbonyl (C=O) groups excluding carboxylic acids is 2. The largest absolute Gasteiger partial charge is 0.454 e. The molecule has 0 atom stereocenters. The molecule has 1 saturated heterocycles. The predicted octanol–water partition coefficient (Wildman–Crippen LogP) is 0.318. The summed E-state index contributed by atoms with van der Waals surface area (Å²) in [6.45, 7) is 7.25. The number of benzene rings is 1. The van der Waals surface area contributed by atoms with Crippen molar-refractivity contribution < 1.29 is 23.8 Å². The number of aromatic nitrogens is 1. The molecule has 2 aromatic rings. The van der Waals surface area contributed by atoms with E-state index in [1.165, 1.54) is 0 Å². The maximum Gasteiger partial charge on any atom is 0.256 e. The summed E-state index contributed by atoms with van der Waals surface area (Å²) < 4.78 is 17.9. The minimum Gasteiger partial charge on any atom is -0.454 e. The van der Waals surface area contributed by atoms with Crippen molar-refractivity contribution in [1.82, 2.24) is 20.1 Å². The van der Waals surface area contributed by atoms with Gasteiger partial charge in [-0.1, -0.05) is 0 Å². The fourth-order valence-electron chi connectivity index (χ4n) is 3.85. The molecule has 1 aromatic heterocycles. The lowest BCUT2D eigenvalue weighted by Crippen LogP contribution is -2.41. The van der Waals surface area contributed by atoms with E-state index in [2.05, 4.69) is 15.5 Å². The van der Waals surface area contributed by atoms with Crippen molar-refractivity contribution in [3.05, 3.63) is 34.1 Å². The molecule has 2 N–H and O–H groups in total. The van der Waals surface area contributed by atoms with Crippen LogP contribution in [0, 0.1) is 0 Å². The van der Waals surface area contributed by atoms with Crippen LogP contribution in [0.1, 0.15) is 23.7 Å². The summed E-state index contributed by atoms with van der Waals surface area (Å²) in [5.74, 6) is 0.424. The first-order valence-corrected chi connectivity index (χ1v) is 10.9. The molecular weight excluding hydrogens is 416 g/mol. The smallest absolute Gasteiger partial charge is 0.256 e. The maximum absolute atomic E-state index is 13.0. The zero-order valence-corrected chi connectivity index (χ0v) is 18.1. The number of rotatable bonds is 8. The summed E-state index contributed by atoms with van der Waals surface area (Å²) in [4.78, 5) is 39.9. The quantitative estimate of drug-likeness (QED) is 0.603. The lowest BCUT2D eigenvalue weighted by Gasteiger charge is -2.26. The van der Waals surface area contributed by atoms with Crippen molar-refractivity contribution in [2.24, 2.45) is 0 Å². The normalized spacial score (nSPS) is 15.7. The van der Waals surface area contributed by atoms with Crippen LogP contribution in [0.2, 0.25) is 0 Å². The van der Waals surface area contributed by atoms with Crippen molar-refractivity contribution in [2.45, 2.75) is 19.9 Å². The first-order chi connectivity index (χ1) is 15.6. The number of pyridine rings is 1. The Morgan fingerprint density at radius 3 is 2.56 bits per heavy atom. The molecule has 0 radical (unpaired) electrons. The molecule has 1 fully saturated rings. The Kier molecular flexibility index (Phi) is 6.91. The van der Waals surface area contributed by atoms with Crippen LogP contribution in [0.25, 0.3) is 10.9 Å². The molecule has 2 aliphatic heterocycles. The van der Waals surface area contributed by atoms with Crippen molar-refractivity contribution in [3.8, 4) is 11.5 Å². The number of morpholine rings is 1. The van der Waals surface area contributed by atoms with Crippen molar-refractivity contribution >= 4 is 22.7 Å². The van der Waals surface area contributed by atoms with Crippen LogP contribution in [0.3, 0.4) is 0 Å². The molecule has 10 nitrogen and oxygen atoms in total. The van der Waals surface area contributed by atoms with E-state index in [0.29, 0.717) is 35.5 Å². The van der Waals surface area contributed by atoms with Crippen LogP contribution in [0.15, 0.2) is 23.1 Å². The standard InChI is InChI=1S/C22H28N4O6/c1-2-26-13-16(21(28)15-11-18-19(12-17(15)26)32-14-31-18)22(29)24-4-3-20(27)23-5-6-25-7-9-30-10-8-25/h11-13H,2-10,14H2,1H3,(H,23,27)(H,24,29). The first-order valence-electron chi connectivity index (χ1n) is 10.9. The number of aryl methyl sites for hydroxylation is 1. The highest BCUT2D eigenvalue weighted by Gasteiger charge is 2.20.